The van der Waals surface area contributed by atoms with Gasteiger partial charge in [-0.1, -0.05) is 24.3 Å². The Morgan fingerprint density at radius 1 is 0.962 bits per heavy atom. The van der Waals surface area contributed by atoms with Crippen LogP contribution in [-0.4, -0.2) is 25.2 Å². The number of para-hydroxylation sites is 1. The first-order chi connectivity index (χ1) is 12.5. The summed E-state index contributed by atoms with van der Waals surface area (Å²) >= 11 is 0. The predicted octanol–water partition coefficient (Wildman–Crippen LogP) is 4.16. The second-order valence-corrected chi connectivity index (χ2v) is 6.04. The van der Waals surface area contributed by atoms with Crippen LogP contribution < -0.4 is 20.1 Å². The van der Waals surface area contributed by atoms with E-state index in [1.807, 2.05) is 76.2 Å². The minimum Gasteiger partial charge on any atom is -0.490 e. The number of benzene rings is 2. The summed E-state index contributed by atoms with van der Waals surface area (Å²) in [4.78, 5) is 12.4. The summed E-state index contributed by atoms with van der Waals surface area (Å²) in [5.74, 6) is 1.39. The zero-order valence-electron chi connectivity index (χ0n) is 15.9. The van der Waals surface area contributed by atoms with Crippen molar-refractivity contribution in [2.24, 2.45) is 0 Å². The van der Waals surface area contributed by atoms with Crippen molar-refractivity contribution < 1.29 is 14.3 Å². The van der Waals surface area contributed by atoms with Gasteiger partial charge in [0, 0.05) is 11.7 Å². The molecule has 5 nitrogen and oxygen atoms in total. The normalized spacial score (nSPS) is 12.9. The largest absolute Gasteiger partial charge is 0.490 e. The van der Waals surface area contributed by atoms with Crippen molar-refractivity contribution in [3.63, 3.8) is 0 Å². The summed E-state index contributed by atoms with van der Waals surface area (Å²) in [6.45, 7) is 8.93. The average Bonchev–Trinajstić information content (AvgIpc) is 2.64. The second kappa shape index (κ2) is 9.82. The smallest absolute Gasteiger partial charge is 0.241 e. The highest BCUT2D eigenvalue weighted by Gasteiger charge is 2.18. The van der Waals surface area contributed by atoms with Crippen LogP contribution in [0.15, 0.2) is 48.5 Å². The number of hydrogen-bond donors (Lipinski definition) is 2. The van der Waals surface area contributed by atoms with E-state index in [1.165, 1.54) is 0 Å². The van der Waals surface area contributed by atoms with Crippen molar-refractivity contribution in [3.05, 3.63) is 54.1 Å². The molecule has 2 N–H and O–H groups in total. The molecule has 0 heterocycles. The lowest BCUT2D eigenvalue weighted by Crippen LogP contribution is -2.39. The zero-order chi connectivity index (χ0) is 18.9. The fraction of sp³-hybridized carbons (Fsp3) is 0.381. The fourth-order valence-electron chi connectivity index (χ4n) is 2.66. The lowest BCUT2D eigenvalue weighted by atomic mass is 10.1. The monoisotopic (exact) mass is 356 g/mol. The molecular formula is C21H28N2O3. The first-order valence-corrected chi connectivity index (χ1v) is 9.06. The van der Waals surface area contributed by atoms with E-state index in [4.69, 9.17) is 9.47 Å². The number of nitrogens with one attached hydrogen (secondary N) is 2. The maximum Gasteiger partial charge on any atom is 0.241 e. The Morgan fingerprint density at radius 2 is 1.62 bits per heavy atom. The molecule has 2 aromatic rings. The molecule has 2 aromatic carbocycles. The van der Waals surface area contributed by atoms with Crippen molar-refractivity contribution in [2.45, 2.75) is 39.8 Å². The van der Waals surface area contributed by atoms with Gasteiger partial charge in [0.15, 0.2) is 11.5 Å². The molecule has 0 aliphatic heterocycles. The van der Waals surface area contributed by atoms with Gasteiger partial charge in [0.2, 0.25) is 5.91 Å². The molecular weight excluding hydrogens is 328 g/mol. The molecule has 5 heteroatoms. The Hall–Kier alpha value is -2.53. The van der Waals surface area contributed by atoms with Crippen LogP contribution in [0.4, 0.5) is 5.69 Å². The Bertz CT molecular complexity index is 704. The minimum absolute atomic E-state index is 0.0126. The molecule has 0 aromatic heterocycles. The van der Waals surface area contributed by atoms with Gasteiger partial charge in [0.25, 0.3) is 0 Å². The maximum atomic E-state index is 12.4. The third kappa shape index (κ3) is 5.49. The van der Waals surface area contributed by atoms with Crippen LogP contribution in [0, 0.1) is 0 Å². The predicted molar refractivity (Wildman–Crippen MR) is 105 cm³/mol. The number of amides is 1. The molecule has 0 unspecified atom stereocenters. The molecule has 2 rings (SSSR count). The molecule has 1 amide bonds. The van der Waals surface area contributed by atoms with Crippen LogP contribution in [0.5, 0.6) is 11.5 Å². The van der Waals surface area contributed by atoms with Crippen molar-refractivity contribution in [2.75, 3.05) is 18.5 Å². The molecule has 0 aliphatic carbocycles. The molecule has 140 valence electrons. The summed E-state index contributed by atoms with van der Waals surface area (Å²) < 4.78 is 11.3. The van der Waals surface area contributed by atoms with Crippen LogP contribution >= 0.6 is 0 Å². The summed E-state index contributed by atoms with van der Waals surface area (Å²) in [5.41, 5.74) is 1.83. The lowest BCUT2D eigenvalue weighted by Gasteiger charge is -2.21. The summed E-state index contributed by atoms with van der Waals surface area (Å²) in [6.07, 6.45) is 0. The standard InChI is InChI=1S/C21H28N2O3/c1-5-25-19-13-12-17(14-20(19)26-6-2)15(3)22-16(4)21(24)23-18-10-8-7-9-11-18/h7-16,22H,5-6H2,1-4H3,(H,23,24)/t15-,16-/m0/s1. The van der Waals surface area contributed by atoms with Crippen LogP contribution in [0.1, 0.15) is 39.3 Å². The van der Waals surface area contributed by atoms with E-state index in [0.717, 1.165) is 22.7 Å². The molecule has 26 heavy (non-hydrogen) atoms. The third-order valence-electron chi connectivity index (χ3n) is 4.00. The van der Waals surface area contributed by atoms with E-state index in [0.29, 0.717) is 13.2 Å². The van der Waals surface area contributed by atoms with Gasteiger partial charge >= 0.3 is 0 Å². The van der Waals surface area contributed by atoms with Crippen molar-refractivity contribution >= 4 is 11.6 Å². The number of anilines is 1. The van der Waals surface area contributed by atoms with E-state index in [1.54, 1.807) is 0 Å². The molecule has 0 saturated heterocycles. The molecule has 0 saturated carbocycles. The van der Waals surface area contributed by atoms with E-state index in [2.05, 4.69) is 10.6 Å². The number of ether oxygens (including phenoxy) is 2. The van der Waals surface area contributed by atoms with Gasteiger partial charge in [-0.15, -0.1) is 0 Å². The number of rotatable bonds is 9. The molecule has 0 aliphatic rings. The Labute approximate surface area is 155 Å². The first kappa shape index (κ1) is 19.8. The highest BCUT2D eigenvalue weighted by Crippen LogP contribution is 2.30. The average molecular weight is 356 g/mol. The molecule has 0 fully saturated rings. The molecule has 0 radical (unpaired) electrons. The second-order valence-electron chi connectivity index (χ2n) is 6.04. The van der Waals surface area contributed by atoms with Crippen molar-refractivity contribution in [1.82, 2.24) is 5.32 Å². The van der Waals surface area contributed by atoms with Crippen LogP contribution in [-0.2, 0) is 4.79 Å². The maximum absolute atomic E-state index is 12.4. The molecule has 0 bridgehead atoms. The highest BCUT2D eigenvalue weighted by atomic mass is 16.5. The number of hydrogen-bond acceptors (Lipinski definition) is 4. The SMILES string of the molecule is CCOc1ccc([C@H](C)N[C@@H](C)C(=O)Nc2ccccc2)cc1OCC. The van der Waals surface area contributed by atoms with E-state index >= 15 is 0 Å². The van der Waals surface area contributed by atoms with Crippen molar-refractivity contribution in [3.8, 4) is 11.5 Å². The highest BCUT2D eigenvalue weighted by molar-refractivity contribution is 5.94. The van der Waals surface area contributed by atoms with Gasteiger partial charge in [0.05, 0.1) is 19.3 Å². The quantitative estimate of drug-likeness (QED) is 0.708. The van der Waals surface area contributed by atoms with Crippen LogP contribution in [0.3, 0.4) is 0 Å². The van der Waals surface area contributed by atoms with E-state index in [-0.39, 0.29) is 18.0 Å². The Morgan fingerprint density at radius 3 is 2.27 bits per heavy atom. The van der Waals surface area contributed by atoms with Gasteiger partial charge in [-0.05, 0) is 57.5 Å². The zero-order valence-corrected chi connectivity index (χ0v) is 15.9. The lowest BCUT2D eigenvalue weighted by molar-refractivity contribution is -0.117. The molecule has 2 atom stereocenters. The summed E-state index contributed by atoms with van der Waals surface area (Å²) in [6, 6.07) is 15.0. The Balaban J connectivity index is 2.02. The molecule has 0 spiro atoms. The summed E-state index contributed by atoms with van der Waals surface area (Å²) in [7, 11) is 0. The summed E-state index contributed by atoms with van der Waals surface area (Å²) in [5, 5.41) is 6.24. The number of carbonyl (C=O) groups is 1. The van der Waals surface area contributed by atoms with Gasteiger partial charge in [-0.3, -0.25) is 10.1 Å². The minimum atomic E-state index is -0.340. The van der Waals surface area contributed by atoms with E-state index in [9.17, 15) is 4.79 Å². The van der Waals surface area contributed by atoms with Gasteiger partial charge in [-0.25, -0.2) is 0 Å². The topological polar surface area (TPSA) is 59.6 Å². The third-order valence-corrected chi connectivity index (χ3v) is 4.00. The fourth-order valence-corrected chi connectivity index (χ4v) is 2.66. The van der Waals surface area contributed by atoms with Crippen LogP contribution in [0.2, 0.25) is 0 Å². The van der Waals surface area contributed by atoms with Gasteiger partial charge < -0.3 is 14.8 Å². The Kier molecular flexibility index (Phi) is 7.48. The first-order valence-electron chi connectivity index (χ1n) is 9.06. The van der Waals surface area contributed by atoms with E-state index < -0.39 is 0 Å². The van der Waals surface area contributed by atoms with Gasteiger partial charge in [-0.2, -0.15) is 0 Å². The van der Waals surface area contributed by atoms with Gasteiger partial charge in [0.1, 0.15) is 0 Å². The number of carbonyl (C=O) groups excluding carboxylic acids is 1. The van der Waals surface area contributed by atoms with Crippen molar-refractivity contribution in [1.29, 1.82) is 0 Å². The van der Waals surface area contributed by atoms with Crippen LogP contribution in [0.25, 0.3) is 0 Å².